The lowest BCUT2D eigenvalue weighted by Crippen LogP contribution is -2.33. The second kappa shape index (κ2) is 5.98. The van der Waals surface area contributed by atoms with Gasteiger partial charge in [0.05, 0.1) is 7.05 Å². The van der Waals surface area contributed by atoms with Crippen molar-refractivity contribution < 1.29 is 9.30 Å². The molecule has 2 aromatic rings. The number of hydrogen-bond donors (Lipinski definition) is 0. The number of fused-ring (bicyclic) bond motifs is 1. The Morgan fingerprint density at radius 1 is 1.23 bits per heavy atom. The third kappa shape index (κ3) is 2.70. The standard InChI is InChI=1S/C19H19N2O/c1-14-9-7-8-11-16(14)18-19-17(20-13-21(18)3)12-6-4-5-10-15(2)22-19/h4-11,13H,2,12H2,1,3H3/q+1/b6-4-,10-5-. The number of hydrogen-bond acceptors (Lipinski definition) is 2. The van der Waals surface area contributed by atoms with Crippen LogP contribution in [0.3, 0.4) is 0 Å². The van der Waals surface area contributed by atoms with Crippen LogP contribution >= 0.6 is 0 Å². The summed E-state index contributed by atoms with van der Waals surface area (Å²) >= 11 is 0. The third-order valence-corrected chi connectivity index (χ3v) is 3.69. The highest BCUT2D eigenvalue weighted by atomic mass is 16.5. The molecule has 0 amide bonds. The zero-order valence-corrected chi connectivity index (χ0v) is 12.9. The minimum atomic E-state index is 0.607. The first kappa shape index (κ1) is 14.3. The molecule has 0 unspecified atom stereocenters. The van der Waals surface area contributed by atoms with E-state index in [-0.39, 0.29) is 0 Å². The van der Waals surface area contributed by atoms with Crippen LogP contribution in [0.25, 0.3) is 11.3 Å². The van der Waals surface area contributed by atoms with Gasteiger partial charge < -0.3 is 4.74 Å². The van der Waals surface area contributed by atoms with Crippen molar-refractivity contribution in [2.75, 3.05) is 0 Å². The smallest absolute Gasteiger partial charge is 0.286 e. The Bertz CT molecular complexity index is 788. The van der Waals surface area contributed by atoms with E-state index < -0.39 is 0 Å². The van der Waals surface area contributed by atoms with Crippen LogP contribution in [-0.2, 0) is 13.5 Å². The van der Waals surface area contributed by atoms with Crippen LogP contribution in [0.2, 0.25) is 0 Å². The molecule has 0 fully saturated rings. The lowest BCUT2D eigenvalue weighted by Gasteiger charge is -2.13. The first-order valence-electron chi connectivity index (χ1n) is 7.30. The van der Waals surface area contributed by atoms with Crippen LogP contribution in [0, 0.1) is 6.92 Å². The maximum absolute atomic E-state index is 6.03. The van der Waals surface area contributed by atoms with Crippen LogP contribution in [0.4, 0.5) is 0 Å². The molecular weight excluding hydrogens is 272 g/mol. The molecule has 3 rings (SSSR count). The second-order valence-electron chi connectivity index (χ2n) is 5.35. The zero-order chi connectivity index (χ0) is 15.5. The van der Waals surface area contributed by atoms with Gasteiger partial charge in [-0.25, -0.2) is 4.57 Å². The van der Waals surface area contributed by atoms with Crippen LogP contribution in [0.1, 0.15) is 11.3 Å². The fourth-order valence-corrected chi connectivity index (χ4v) is 2.56. The zero-order valence-electron chi connectivity index (χ0n) is 12.9. The average molecular weight is 291 g/mol. The number of aromatic nitrogens is 2. The normalized spacial score (nSPS) is 16.7. The van der Waals surface area contributed by atoms with Crippen molar-refractivity contribution in [3.63, 3.8) is 0 Å². The number of rotatable bonds is 1. The van der Waals surface area contributed by atoms with Gasteiger partial charge in [-0.2, -0.15) is 0 Å². The van der Waals surface area contributed by atoms with E-state index in [9.17, 15) is 0 Å². The lowest BCUT2D eigenvalue weighted by atomic mass is 10.0. The fourth-order valence-electron chi connectivity index (χ4n) is 2.56. The summed E-state index contributed by atoms with van der Waals surface area (Å²) in [6.07, 6.45) is 10.4. The Kier molecular flexibility index (Phi) is 3.88. The quantitative estimate of drug-likeness (QED) is 0.752. The van der Waals surface area contributed by atoms with Gasteiger partial charge in [0.2, 0.25) is 11.4 Å². The molecule has 0 radical (unpaired) electrons. The van der Waals surface area contributed by atoms with Gasteiger partial charge in [-0.05, 0) is 23.5 Å². The van der Waals surface area contributed by atoms with E-state index in [1.165, 1.54) is 5.56 Å². The summed E-state index contributed by atoms with van der Waals surface area (Å²) in [4.78, 5) is 4.53. The van der Waals surface area contributed by atoms with E-state index in [0.29, 0.717) is 5.76 Å². The summed E-state index contributed by atoms with van der Waals surface area (Å²) in [5.74, 6) is 1.39. The number of ether oxygens (including phenoxy) is 1. The summed E-state index contributed by atoms with van der Waals surface area (Å²) < 4.78 is 8.03. The van der Waals surface area contributed by atoms with Gasteiger partial charge in [-0.15, -0.1) is 0 Å². The summed E-state index contributed by atoms with van der Waals surface area (Å²) in [6.45, 7) is 6.07. The number of aryl methyl sites for hydroxylation is 2. The largest absolute Gasteiger partial charge is 0.449 e. The van der Waals surface area contributed by atoms with E-state index >= 15 is 0 Å². The molecule has 0 N–H and O–H groups in total. The molecule has 0 saturated heterocycles. The Balaban J connectivity index is 2.25. The predicted octanol–water partition coefficient (Wildman–Crippen LogP) is 3.44. The van der Waals surface area contributed by atoms with Crippen molar-refractivity contribution in [2.45, 2.75) is 13.3 Å². The Morgan fingerprint density at radius 3 is 2.86 bits per heavy atom. The molecule has 2 heterocycles. The van der Waals surface area contributed by atoms with E-state index in [1.807, 2.05) is 48.3 Å². The summed E-state index contributed by atoms with van der Waals surface area (Å²) in [5.41, 5.74) is 4.28. The minimum Gasteiger partial charge on any atom is -0.449 e. The number of nitrogens with zero attached hydrogens (tertiary/aromatic N) is 2. The van der Waals surface area contributed by atoms with E-state index in [0.717, 1.165) is 29.1 Å². The Hall–Kier alpha value is -2.68. The second-order valence-corrected chi connectivity index (χ2v) is 5.35. The van der Waals surface area contributed by atoms with Crippen LogP contribution < -0.4 is 9.30 Å². The maximum Gasteiger partial charge on any atom is 0.286 e. The van der Waals surface area contributed by atoms with Crippen molar-refractivity contribution in [3.05, 3.63) is 78.5 Å². The monoisotopic (exact) mass is 291 g/mol. The molecule has 0 atom stereocenters. The molecule has 22 heavy (non-hydrogen) atoms. The molecule has 1 aliphatic rings. The molecule has 0 spiro atoms. The number of benzene rings is 1. The molecule has 110 valence electrons. The highest BCUT2D eigenvalue weighted by Crippen LogP contribution is 2.32. The van der Waals surface area contributed by atoms with E-state index in [2.05, 4.69) is 36.7 Å². The van der Waals surface area contributed by atoms with Crippen molar-refractivity contribution in [3.8, 4) is 17.0 Å². The molecule has 3 heteroatoms. The first-order valence-corrected chi connectivity index (χ1v) is 7.30. The van der Waals surface area contributed by atoms with Gasteiger partial charge in [0, 0.05) is 12.0 Å². The minimum absolute atomic E-state index is 0.607. The highest BCUT2D eigenvalue weighted by molar-refractivity contribution is 5.68. The predicted molar refractivity (Wildman–Crippen MR) is 87.3 cm³/mol. The Morgan fingerprint density at radius 2 is 2.05 bits per heavy atom. The van der Waals surface area contributed by atoms with E-state index in [1.54, 1.807) is 0 Å². The molecule has 0 saturated carbocycles. The lowest BCUT2D eigenvalue weighted by molar-refractivity contribution is -0.663. The molecule has 1 aliphatic heterocycles. The summed E-state index contributed by atoms with van der Waals surface area (Å²) in [6, 6.07) is 8.29. The van der Waals surface area contributed by atoms with Crippen molar-refractivity contribution in [1.82, 2.24) is 4.98 Å². The maximum atomic E-state index is 6.03. The molecule has 0 bridgehead atoms. The van der Waals surface area contributed by atoms with Crippen LogP contribution in [-0.4, -0.2) is 4.98 Å². The van der Waals surface area contributed by atoms with Gasteiger partial charge in [-0.3, -0.25) is 0 Å². The van der Waals surface area contributed by atoms with Gasteiger partial charge in [0.15, 0.2) is 5.69 Å². The van der Waals surface area contributed by atoms with Crippen molar-refractivity contribution in [1.29, 1.82) is 0 Å². The average Bonchev–Trinajstić information content (AvgIpc) is 2.58. The van der Waals surface area contributed by atoms with Gasteiger partial charge in [-0.1, -0.05) is 49.1 Å². The van der Waals surface area contributed by atoms with Crippen molar-refractivity contribution in [2.24, 2.45) is 7.05 Å². The highest BCUT2D eigenvalue weighted by Gasteiger charge is 2.24. The topological polar surface area (TPSA) is 26.0 Å². The third-order valence-electron chi connectivity index (χ3n) is 3.69. The van der Waals surface area contributed by atoms with Crippen LogP contribution in [0.15, 0.2) is 67.2 Å². The Labute approximate surface area is 130 Å². The van der Waals surface area contributed by atoms with Gasteiger partial charge in [0.1, 0.15) is 5.76 Å². The molecule has 1 aromatic heterocycles. The molecule has 0 aliphatic carbocycles. The van der Waals surface area contributed by atoms with E-state index in [4.69, 9.17) is 4.74 Å². The van der Waals surface area contributed by atoms with Crippen LogP contribution in [0.5, 0.6) is 5.75 Å². The molecule has 3 nitrogen and oxygen atoms in total. The molecular formula is C19H19N2O+. The summed E-state index contributed by atoms with van der Waals surface area (Å²) in [5, 5.41) is 0. The van der Waals surface area contributed by atoms with Gasteiger partial charge >= 0.3 is 0 Å². The first-order chi connectivity index (χ1) is 10.7. The number of allylic oxidation sites excluding steroid dienone is 4. The fraction of sp³-hybridized carbons (Fsp3) is 0.158. The molecule has 1 aromatic carbocycles. The SMILES string of the molecule is C=C1/C=C\C=C/Cc2nc[n+](C)c(-c3ccccc3C)c2O1. The van der Waals surface area contributed by atoms with Gasteiger partial charge in [0.25, 0.3) is 6.33 Å². The van der Waals surface area contributed by atoms with Crippen molar-refractivity contribution >= 4 is 0 Å². The summed E-state index contributed by atoms with van der Waals surface area (Å²) in [7, 11) is 1.99.